The Kier molecular flexibility index (Phi) is 4.74. The summed E-state index contributed by atoms with van der Waals surface area (Å²) in [5.41, 5.74) is -0.441. The van der Waals surface area contributed by atoms with Crippen molar-refractivity contribution in [1.29, 1.82) is 0 Å². The van der Waals surface area contributed by atoms with Gasteiger partial charge in [-0.25, -0.2) is 27.5 Å². The highest BCUT2D eigenvalue weighted by molar-refractivity contribution is 7.92. The normalized spacial score (nSPS) is 12.0. The van der Waals surface area contributed by atoms with E-state index >= 15 is 0 Å². The Morgan fingerprint density at radius 3 is 2.15 bits per heavy atom. The molecule has 27 heavy (non-hydrogen) atoms. The fraction of sp³-hybridized carbons (Fsp3) is 0.0667. The van der Waals surface area contributed by atoms with E-state index in [1.54, 1.807) is 0 Å². The third-order valence-electron chi connectivity index (χ3n) is 3.25. The van der Waals surface area contributed by atoms with Gasteiger partial charge in [-0.05, 0) is 18.2 Å². The van der Waals surface area contributed by atoms with Gasteiger partial charge < -0.3 is 0 Å². The van der Waals surface area contributed by atoms with Crippen molar-refractivity contribution in [1.82, 2.24) is 19.9 Å². The van der Waals surface area contributed by atoms with Crippen LogP contribution in [-0.2, 0) is 16.2 Å². The van der Waals surface area contributed by atoms with Crippen molar-refractivity contribution in [2.24, 2.45) is 0 Å². The van der Waals surface area contributed by atoms with Crippen LogP contribution in [0.4, 0.5) is 23.5 Å². The number of hydrogen-bond acceptors (Lipinski definition) is 6. The third-order valence-corrected chi connectivity index (χ3v) is 4.57. The van der Waals surface area contributed by atoms with Crippen LogP contribution < -0.4 is 4.72 Å². The Hall–Kier alpha value is -3.15. The standard InChI is InChI=1S/C15H9F4N5O2S/c16-11-3-9(4-20-7-11)10-5-22-14(23-6-10)24-27(25,26)12-1-2-13(21-8-12)15(17,18)19/h1-8H,(H,22,23,24). The number of anilines is 1. The Labute approximate surface area is 150 Å². The maximum Gasteiger partial charge on any atom is 0.433 e. The topological polar surface area (TPSA) is 97.7 Å². The summed E-state index contributed by atoms with van der Waals surface area (Å²) in [6, 6.07) is 2.52. The van der Waals surface area contributed by atoms with Crippen molar-refractivity contribution in [3.8, 4) is 11.1 Å². The quantitative estimate of drug-likeness (QED) is 0.678. The fourth-order valence-electron chi connectivity index (χ4n) is 1.99. The van der Waals surface area contributed by atoms with Crippen LogP contribution >= 0.6 is 0 Å². The molecule has 0 saturated carbocycles. The zero-order chi connectivity index (χ0) is 19.7. The number of pyridine rings is 2. The Morgan fingerprint density at radius 1 is 0.889 bits per heavy atom. The summed E-state index contributed by atoms with van der Waals surface area (Å²) in [4.78, 5) is 13.9. The van der Waals surface area contributed by atoms with E-state index < -0.39 is 32.6 Å². The van der Waals surface area contributed by atoms with Gasteiger partial charge in [0.15, 0.2) is 0 Å². The molecule has 0 fully saturated rings. The molecule has 0 atom stereocenters. The maximum atomic E-state index is 13.2. The minimum atomic E-state index is -4.68. The molecule has 3 aromatic rings. The van der Waals surface area contributed by atoms with E-state index in [1.807, 2.05) is 4.72 Å². The molecule has 7 nitrogen and oxygen atoms in total. The van der Waals surface area contributed by atoms with Gasteiger partial charge in [0.1, 0.15) is 16.4 Å². The van der Waals surface area contributed by atoms with Gasteiger partial charge in [0, 0.05) is 35.9 Å². The molecular weight excluding hydrogens is 390 g/mol. The lowest BCUT2D eigenvalue weighted by atomic mass is 10.1. The van der Waals surface area contributed by atoms with Crippen molar-refractivity contribution in [2.75, 3.05) is 4.72 Å². The predicted molar refractivity (Wildman–Crippen MR) is 85.3 cm³/mol. The summed E-state index contributed by atoms with van der Waals surface area (Å²) in [5, 5.41) is 0. The van der Waals surface area contributed by atoms with Crippen LogP contribution in [0.3, 0.4) is 0 Å². The Balaban J connectivity index is 1.80. The summed E-state index contributed by atoms with van der Waals surface area (Å²) < 4.78 is 77.0. The lowest BCUT2D eigenvalue weighted by Crippen LogP contribution is -2.16. The number of hydrogen-bond donors (Lipinski definition) is 1. The van der Waals surface area contributed by atoms with Gasteiger partial charge in [0.2, 0.25) is 5.95 Å². The van der Waals surface area contributed by atoms with E-state index in [9.17, 15) is 26.0 Å². The Bertz CT molecular complexity index is 1050. The molecular formula is C15H9F4N5O2S. The molecule has 0 aliphatic heterocycles. The first kappa shape index (κ1) is 18.6. The molecule has 0 aromatic carbocycles. The van der Waals surface area contributed by atoms with Gasteiger partial charge in [-0.1, -0.05) is 0 Å². The van der Waals surface area contributed by atoms with Crippen LogP contribution in [0.25, 0.3) is 11.1 Å². The zero-order valence-corrected chi connectivity index (χ0v) is 14.0. The van der Waals surface area contributed by atoms with E-state index in [2.05, 4.69) is 19.9 Å². The van der Waals surface area contributed by atoms with Gasteiger partial charge in [-0.15, -0.1) is 0 Å². The van der Waals surface area contributed by atoms with Crippen molar-refractivity contribution < 1.29 is 26.0 Å². The Morgan fingerprint density at radius 2 is 1.59 bits per heavy atom. The number of halogens is 4. The molecule has 1 N–H and O–H groups in total. The van der Waals surface area contributed by atoms with Crippen LogP contribution in [0.2, 0.25) is 0 Å². The molecule has 0 radical (unpaired) electrons. The van der Waals surface area contributed by atoms with Crippen molar-refractivity contribution in [3.05, 3.63) is 60.7 Å². The minimum Gasteiger partial charge on any atom is -0.261 e. The highest BCUT2D eigenvalue weighted by atomic mass is 32.2. The molecule has 3 heterocycles. The highest BCUT2D eigenvalue weighted by Crippen LogP contribution is 2.28. The van der Waals surface area contributed by atoms with Gasteiger partial charge in [0.25, 0.3) is 10.0 Å². The summed E-state index contributed by atoms with van der Waals surface area (Å²) in [6.45, 7) is 0. The maximum absolute atomic E-state index is 13.2. The van der Waals surface area contributed by atoms with Crippen molar-refractivity contribution >= 4 is 16.0 Å². The number of alkyl halides is 3. The monoisotopic (exact) mass is 399 g/mol. The second-order valence-corrected chi connectivity index (χ2v) is 6.85. The lowest BCUT2D eigenvalue weighted by Gasteiger charge is -2.09. The number of nitrogens with zero attached hydrogens (tertiary/aromatic N) is 4. The predicted octanol–water partition coefficient (Wildman–Crippen LogP) is 2.89. The van der Waals surface area contributed by atoms with Crippen LogP contribution in [0, 0.1) is 5.82 Å². The average Bonchev–Trinajstić information content (AvgIpc) is 2.61. The third kappa shape index (κ3) is 4.34. The largest absolute Gasteiger partial charge is 0.433 e. The lowest BCUT2D eigenvalue weighted by molar-refractivity contribution is -0.141. The first-order chi connectivity index (χ1) is 12.6. The van der Waals surface area contributed by atoms with E-state index in [-0.39, 0.29) is 5.95 Å². The summed E-state index contributed by atoms with van der Waals surface area (Å²) in [6.07, 6.45) is 0.779. The van der Waals surface area contributed by atoms with E-state index in [0.29, 0.717) is 23.4 Å². The van der Waals surface area contributed by atoms with Crippen LogP contribution in [0.5, 0.6) is 0 Å². The summed E-state index contributed by atoms with van der Waals surface area (Å²) >= 11 is 0. The summed E-state index contributed by atoms with van der Waals surface area (Å²) in [5.74, 6) is -0.880. The molecule has 0 amide bonds. The summed E-state index contributed by atoms with van der Waals surface area (Å²) in [7, 11) is -4.24. The van der Waals surface area contributed by atoms with Gasteiger partial charge in [0.05, 0.1) is 6.20 Å². The molecule has 12 heteroatoms. The van der Waals surface area contributed by atoms with Gasteiger partial charge in [-0.2, -0.15) is 13.2 Å². The minimum absolute atomic E-state index is 0.317. The van der Waals surface area contributed by atoms with Crippen molar-refractivity contribution in [3.63, 3.8) is 0 Å². The number of rotatable bonds is 4. The second kappa shape index (κ2) is 6.87. The molecule has 0 spiro atoms. The SMILES string of the molecule is O=S(=O)(Nc1ncc(-c2cncc(F)c2)cn1)c1ccc(C(F)(F)F)nc1. The molecule has 0 aliphatic rings. The first-order valence-corrected chi connectivity index (χ1v) is 8.62. The van der Waals surface area contributed by atoms with Crippen LogP contribution in [-0.4, -0.2) is 28.4 Å². The molecule has 3 rings (SSSR count). The molecule has 0 saturated heterocycles. The second-order valence-electron chi connectivity index (χ2n) is 5.17. The number of sulfonamides is 1. The molecule has 0 aliphatic carbocycles. The first-order valence-electron chi connectivity index (χ1n) is 7.14. The van der Waals surface area contributed by atoms with E-state index in [0.717, 1.165) is 12.3 Å². The fourth-order valence-corrected chi connectivity index (χ4v) is 2.89. The van der Waals surface area contributed by atoms with Crippen molar-refractivity contribution in [2.45, 2.75) is 11.1 Å². The van der Waals surface area contributed by atoms with Gasteiger partial charge >= 0.3 is 6.18 Å². The zero-order valence-electron chi connectivity index (χ0n) is 13.1. The number of aromatic nitrogens is 4. The molecule has 140 valence electrons. The molecule has 3 aromatic heterocycles. The molecule has 0 unspecified atom stereocenters. The van der Waals surface area contributed by atoms with Crippen LogP contribution in [0.15, 0.2) is 54.1 Å². The highest BCUT2D eigenvalue weighted by Gasteiger charge is 2.32. The van der Waals surface area contributed by atoms with E-state index in [1.165, 1.54) is 24.7 Å². The average molecular weight is 399 g/mol. The van der Waals surface area contributed by atoms with Gasteiger partial charge in [-0.3, -0.25) is 9.97 Å². The number of nitrogens with one attached hydrogen (secondary N) is 1. The molecule has 0 bridgehead atoms. The smallest absolute Gasteiger partial charge is 0.261 e. The van der Waals surface area contributed by atoms with Crippen LogP contribution in [0.1, 0.15) is 5.69 Å². The van der Waals surface area contributed by atoms with E-state index in [4.69, 9.17) is 0 Å².